The van der Waals surface area contributed by atoms with Crippen molar-refractivity contribution in [3.63, 3.8) is 0 Å². The Bertz CT molecular complexity index is 525. The van der Waals surface area contributed by atoms with Crippen molar-refractivity contribution in [3.05, 3.63) is 35.9 Å². The monoisotopic (exact) mass is 286 g/mol. The van der Waals surface area contributed by atoms with E-state index in [4.69, 9.17) is 0 Å². The summed E-state index contributed by atoms with van der Waals surface area (Å²) in [6, 6.07) is 9.29. The van der Waals surface area contributed by atoms with Gasteiger partial charge in [0.1, 0.15) is 6.04 Å². The summed E-state index contributed by atoms with van der Waals surface area (Å²) in [5.41, 5.74) is 0.871. The molecule has 1 N–H and O–H groups in total. The Morgan fingerprint density at radius 1 is 1.19 bits per heavy atom. The third-order valence-electron chi connectivity index (χ3n) is 4.45. The van der Waals surface area contributed by atoms with E-state index in [1.165, 1.54) is 0 Å². The van der Waals surface area contributed by atoms with Crippen LogP contribution in [0, 0.1) is 5.92 Å². The Labute approximate surface area is 125 Å². The van der Waals surface area contributed by atoms with Crippen molar-refractivity contribution in [3.8, 4) is 0 Å². The van der Waals surface area contributed by atoms with E-state index in [1.807, 2.05) is 35.2 Å². The maximum absolute atomic E-state index is 12.8. The number of nitrogens with one attached hydrogen (secondary N) is 1. The van der Waals surface area contributed by atoms with Crippen molar-refractivity contribution >= 4 is 11.8 Å². The van der Waals surface area contributed by atoms with Crippen LogP contribution in [0.1, 0.15) is 44.2 Å². The Morgan fingerprint density at radius 3 is 2.48 bits per heavy atom. The molecular formula is C17H22N2O2. The van der Waals surface area contributed by atoms with Gasteiger partial charge in [0.05, 0.1) is 0 Å². The molecule has 1 aliphatic heterocycles. The fourth-order valence-electron chi connectivity index (χ4n) is 2.97. The van der Waals surface area contributed by atoms with Gasteiger partial charge in [0.15, 0.2) is 0 Å². The second-order valence-electron chi connectivity index (χ2n) is 6.15. The molecule has 21 heavy (non-hydrogen) atoms. The Kier molecular flexibility index (Phi) is 3.95. The van der Waals surface area contributed by atoms with Gasteiger partial charge in [-0.05, 0) is 38.2 Å². The van der Waals surface area contributed by atoms with Gasteiger partial charge in [-0.25, -0.2) is 0 Å². The highest BCUT2D eigenvalue weighted by Gasteiger charge is 2.36. The fraction of sp³-hybridized carbons (Fsp3) is 0.529. The molecule has 1 aromatic rings. The zero-order chi connectivity index (χ0) is 14.8. The SMILES string of the molecule is C[C@H]1CCCN1C(=O)[C@H](NC(=O)C1CC1)c1ccccc1. The lowest BCUT2D eigenvalue weighted by molar-refractivity contribution is -0.137. The highest BCUT2D eigenvalue weighted by Crippen LogP contribution is 2.30. The lowest BCUT2D eigenvalue weighted by atomic mass is 10.0. The third-order valence-corrected chi connectivity index (χ3v) is 4.45. The molecule has 1 saturated carbocycles. The van der Waals surface area contributed by atoms with E-state index in [1.54, 1.807) is 0 Å². The van der Waals surface area contributed by atoms with Gasteiger partial charge in [0.2, 0.25) is 11.8 Å². The van der Waals surface area contributed by atoms with Crippen LogP contribution in [-0.2, 0) is 9.59 Å². The molecule has 4 nitrogen and oxygen atoms in total. The summed E-state index contributed by atoms with van der Waals surface area (Å²) in [5.74, 6) is 0.157. The predicted molar refractivity (Wildman–Crippen MR) is 80.5 cm³/mol. The van der Waals surface area contributed by atoms with Crippen molar-refractivity contribution in [2.24, 2.45) is 5.92 Å². The van der Waals surface area contributed by atoms with Crippen LogP contribution in [-0.4, -0.2) is 29.3 Å². The standard InChI is InChI=1S/C17H22N2O2/c1-12-6-5-11-19(12)17(21)15(13-7-3-2-4-8-13)18-16(20)14-9-10-14/h2-4,7-8,12,14-15H,5-6,9-11H2,1H3,(H,18,20)/t12-,15+/m0/s1. The normalized spacial score (nSPS) is 22.9. The van der Waals surface area contributed by atoms with Crippen LogP contribution in [0.2, 0.25) is 0 Å². The van der Waals surface area contributed by atoms with Gasteiger partial charge in [0.25, 0.3) is 0 Å². The molecule has 1 heterocycles. The number of benzene rings is 1. The fourth-order valence-corrected chi connectivity index (χ4v) is 2.97. The first-order valence-electron chi connectivity index (χ1n) is 7.82. The van der Waals surface area contributed by atoms with Gasteiger partial charge in [-0.2, -0.15) is 0 Å². The van der Waals surface area contributed by atoms with Gasteiger partial charge in [-0.3, -0.25) is 9.59 Å². The van der Waals surface area contributed by atoms with Gasteiger partial charge >= 0.3 is 0 Å². The van der Waals surface area contributed by atoms with Crippen LogP contribution >= 0.6 is 0 Å². The first-order chi connectivity index (χ1) is 10.2. The molecule has 112 valence electrons. The molecule has 2 fully saturated rings. The number of carbonyl (C=O) groups is 2. The van der Waals surface area contributed by atoms with Gasteiger partial charge in [-0.15, -0.1) is 0 Å². The van der Waals surface area contributed by atoms with Gasteiger partial charge in [0, 0.05) is 18.5 Å². The average molecular weight is 286 g/mol. The van der Waals surface area contributed by atoms with Crippen molar-refractivity contribution in [1.82, 2.24) is 10.2 Å². The minimum absolute atomic E-state index is 0.0176. The van der Waals surface area contributed by atoms with Crippen LogP contribution < -0.4 is 5.32 Å². The second kappa shape index (κ2) is 5.88. The van der Waals surface area contributed by atoms with E-state index in [-0.39, 0.29) is 23.8 Å². The quantitative estimate of drug-likeness (QED) is 0.923. The number of amides is 2. The number of hydrogen-bond donors (Lipinski definition) is 1. The maximum atomic E-state index is 12.8. The minimum atomic E-state index is -0.542. The summed E-state index contributed by atoms with van der Waals surface area (Å²) in [6.45, 7) is 2.87. The number of hydrogen-bond acceptors (Lipinski definition) is 2. The summed E-state index contributed by atoms with van der Waals surface area (Å²) < 4.78 is 0. The first kappa shape index (κ1) is 14.1. The van der Waals surface area contributed by atoms with Crippen LogP contribution in [0.4, 0.5) is 0 Å². The largest absolute Gasteiger partial charge is 0.340 e. The van der Waals surface area contributed by atoms with Gasteiger partial charge in [-0.1, -0.05) is 30.3 Å². The zero-order valence-corrected chi connectivity index (χ0v) is 12.4. The van der Waals surface area contributed by atoms with Crippen LogP contribution in [0.25, 0.3) is 0 Å². The highest BCUT2D eigenvalue weighted by atomic mass is 16.2. The molecule has 3 rings (SSSR count). The highest BCUT2D eigenvalue weighted by molar-refractivity contribution is 5.90. The molecular weight excluding hydrogens is 264 g/mol. The van der Waals surface area contributed by atoms with Crippen LogP contribution in [0.3, 0.4) is 0 Å². The second-order valence-corrected chi connectivity index (χ2v) is 6.15. The van der Waals surface area contributed by atoms with Crippen molar-refractivity contribution < 1.29 is 9.59 Å². The zero-order valence-electron chi connectivity index (χ0n) is 12.4. The first-order valence-corrected chi connectivity index (χ1v) is 7.82. The smallest absolute Gasteiger partial charge is 0.250 e. The Hall–Kier alpha value is -1.84. The molecule has 1 aromatic carbocycles. The summed E-state index contributed by atoms with van der Waals surface area (Å²) in [5, 5.41) is 2.96. The van der Waals surface area contributed by atoms with Crippen molar-refractivity contribution in [2.45, 2.75) is 44.7 Å². The maximum Gasteiger partial charge on any atom is 0.250 e. The number of carbonyl (C=O) groups excluding carboxylic acids is 2. The van der Waals surface area contributed by atoms with E-state index in [9.17, 15) is 9.59 Å². The summed E-state index contributed by atoms with van der Waals surface area (Å²) in [6.07, 6.45) is 3.98. The molecule has 1 saturated heterocycles. The molecule has 0 unspecified atom stereocenters. The van der Waals surface area contributed by atoms with Crippen molar-refractivity contribution in [1.29, 1.82) is 0 Å². The summed E-state index contributed by atoms with van der Waals surface area (Å²) in [7, 11) is 0. The van der Waals surface area contributed by atoms with E-state index in [0.717, 1.165) is 37.8 Å². The molecule has 2 amide bonds. The molecule has 0 aromatic heterocycles. The van der Waals surface area contributed by atoms with E-state index >= 15 is 0 Å². The number of likely N-dealkylation sites (tertiary alicyclic amines) is 1. The molecule has 4 heteroatoms. The van der Waals surface area contributed by atoms with Crippen LogP contribution in [0.5, 0.6) is 0 Å². The molecule has 1 aliphatic carbocycles. The van der Waals surface area contributed by atoms with E-state index < -0.39 is 6.04 Å². The lowest BCUT2D eigenvalue weighted by Crippen LogP contribution is -2.44. The van der Waals surface area contributed by atoms with E-state index in [0.29, 0.717) is 0 Å². The van der Waals surface area contributed by atoms with E-state index in [2.05, 4.69) is 12.2 Å². The lowest BCUT2D eigenvalue weighted by Gasteiger charge is -2.27. The number of rotatable bonds is 4. The summed E-state index contributed by atoms with van der Waals surface area (Å²) in [4.78, 5) is 26.9. The minimum Gasteiger partial charge on any atom is -0.340 e. The predicted octanol–water partition coefficient (Wildman–Crippen LogP) is 2.26. The van der Waals surface area contributed by atoms with Gasteiger partial charge < -0.3 is 10.2 Å². The topological polar surface area (TPSA) is 49.4 Å². The average Bonchev–Trinajstić information content (AvgIpc) is 3.27. The molecule has 0 radical (unpaired) electrons. The third kappa shape index (κ3) is 3.09. The molecule has 2 aliphatic rings. The van der Waals surface area contributed by atoms with Crippen LogP contribution in [0.15, 0.2) is 30.3 Å². The Morgan fingerprint density at radius 2 is 1.90 bits per heavy atom. The Balaban J connectivity index is 1.80. The van der Waals surface area contributed by atoms with Crippen molar-refractivity contribution in [2.75, 3.05) is 6.54 Å². The molecule has 0 spiro atoms. The molecule has 0 bridgehead atoms. The molecule has 2 atom stereocenters. The summed E-state index contributed by atoms with van der Waals surface area (Å²) >= 11 is 0. The number of nitrogens with zero attached hydrogens (tertiary/aromatic N) is 1.